The second-order valence-electron chi connectivity index (χ2n) is 5.83. The maximum absolute atomic E-state index is 12.0. The quantitative estimate of drug-likeness (QED) is 0.760. The average Bonchev–Trinajstić information content (AvgIpc) is 2.99. The molecule has 112 valence electrons. The Hall–Kier alpha value is -2.37. The Morgan fingerprint density at radius 2 is 1.67 bits per heavy atom. The first-order valence-corrected chi connectivity index (χ1v) is 6.58. The number of carboxylic acid groups (broad SMARTS) is 2. The zero-order chi connectivity index (χ0) is 15.8. The van der Waals surface area contributed by atoms with Crippen LogP contribution in [0.3, 0.4) is 0 Å². The lowest BCUT2D eigenvalue weighted by Gasteiger charge is -2.06. The summed E-state index contributed by atoms with van der Waals surface area (Å²) in [7, 11) is 0. The van der Waals surface area contributed by atoms with Crippen LogP contribution >= 0.6 is 0 Å². The van der Waals surface area contributed by atoms with E-state index >= 15 is 0 Å². The summed E-state index contributed by atoms with van der Waals surface area (Å²) in [5.41, 5.74) is 0.418. The number of hydrogen-bond donors (Lipinski definition) is 3. The van der Waals surface area contributed by atoms with Crippen molar-refractivity contribution < 1.29 is 24.6 Å². The van der Waals surface area contributed by atoms with Crippen LogP contribution in [0.4, 0.5) is 0 Å². The fourth-order valence-corrected chi connectivity index (χ4v) is 2.65. The number of aliphatic carboxylic acids is 1. The predicted octanol–water partition coefficient (Wildman–Crippen LogP) is 1.36. The number of carbonyl (C=O) groups is 3. The van der Waals surface area contributed by atoms with Crippen molar-refractivity contribution in [3.05, 3.63) is 35.4 Å². The smallest absolute Gasteiger partial charge is 0.335 e. The fraction of sp³-hybridized carbons (Fsp3) is 0.400. The van der Waals surface area contributed by atoms with Crippen molar-refractivity contribution >= 4 is 17.8 Å². The molecule has 0 aromatic heterocycles. The summed E-state index contributed by atoms with van der Waals surface area (Å²) in [4.78, 5) is 33.8. The molecule has 0 aliphatic heterocycles. The Bertz CT molecular complexity index is 591. The highest BCUT2D eigenvalue weighted by atomic mass is 16.4. The first-order valence-electron chi connectivity index (χ1n) is 6.58. The molecule has 21 heavy (non-hydrogen) atoms. The summed E-state index contributed by atoms with van der Waals surface area (Å²) < 4.78 is 0. The monoisotopic (exact) mass is 291 g/mol. The molecule has 0 bridgehead atoms. The molecule has 0 heterocycles. The van der Waals surface area contributed by atoms with E-state index in [1.54, 1.807) is 26.0 Å². The Morgan fingerprint density at radius 1 is 1.10 bits per heavy atom. The Morgan fingerprint density at radius 3 is 2.10 bits per heavy atom. The third-order valence-corrected chi connectivity index (χ3v) is 4.04. The highest BCUT2D eigenvalue weighted by Gasteiger charge is 2.65. The van der Waals surface area contributed by atoms with Gasteiger partial charge in [0.05, 0.1) is 17.4 Å². The second-order valence-corrected chi connectivity index (χ2v) is 5.83. The maximum atomic E-state index is 12.0. The van der Waals surface area contributed by atoms with E-state index in [4.69, 9.17) is 10.2 Å². The minimum absolute atomic E-state index is 0.180. The highest BCUT2D eigenvalue weighted by Crippen LogP contribution is 2.58. The van der Waals surface area contributed by atoms with Gasteiger partial charge in [-0.3, -0.25) is 9.59 Å². The molecule has 6 nitrogen and oxygen atoms in total. The first kappa shape index (κ1) is 15.0. The van der Waals surface area contributed by atoms with Crippen molar-refractivity contribution in [3.8, 4) is 0 Å². The highest BCUT2D eigenvalue weighted by molar-refractivity contribution is 5.91. The summed E-state index contributed by atoms with van der Waals surface area (Å²) in [5, 5.41) is 20.5. The van der Waals surface area contributed by atoms with Gasteiger partial charge < -0.3 is 15.5 Å². The summed E-state index contributed by atoms with van der Waals surface area (Å²) in [6.45, 7) is 3.77. The van der Waals surface area contributed by atoms with Gasteiger partial charge in [-0.25, -0.2) is 4.79 Å². The van der Waals surface area contributed by atoms with Gasteiger partial charge >= 0.3 is 11.9 Å². The van der Waals surface area contributed by atoms with Crippen LogP contribution in [0.1, 0.15) is 29.8 Å². The Kier molecular flexibility index (Phi) is 3.72. The van der Waals surface area contributed by atoms with Gasteiger partial charge in [-0.15, -0.1) is 0 Å². The van der Waals surface area contributed by atoms with Crippen LogP contribution < -0.4 is 5.32 Å². The molecule has 0 unspecified atom stereocenters. The van der Waals surface area contributed by atoms with Gasteiger partial charge in [0, 0.05) is 6.54 Å². The summed E-state index contributed by atoms with van der Waals surface area (Å²) in [6, 6.07) is 6.17. The van der Waals surface area contributed by atoms with Gasteiger partial charge in [0.1, 0.15) is 0 Å². The first-order chi connectivity index (χ1) is 9.75. The molecular weight excluding hydrogens is 274 g/mol. The zero-order valence-corrected chi connectivity index (χ0v) is 11.8. The Balaban J connectivity index is 1.93. The number of aromatic carboxylic acids is 1. The molecule has 0 saturated heterocycles. The molecule has 1 aromatic carbocycles. The molecule has 3 N–H and O–H groups in total. The van der Waals surface area contributed by atoms with E-state index in [0.29, 0.717) is 0 Å². The number of amides is 1. The van der Waals surface area contributed by atoms with Crippen LogP contribution in [-0.2, 0) is 16.1 Å². The lowest BCUT2D eigenvalue weighted by Crippen LogP contribution is -2.26. The number of rotatable bonds is 5. The average molecular weight is 291 g/mol. The van der Waals surface area contributed by atoms with Crippen LogP contribution in [0.25, 0.3) is 0 Å². The molecule has 1 amide bonds. The van der Waals surface area contributed by atoms with Crippen molar-refractivity contribution in [2.45, 2.75) is 20.4 Å². The van der Waals surface area contributed by atoms with Crippen LogP contribution in [-0.4, -0.2) is 28.1 Å². The normalized spacial score (nSPS) is 22.4. The molecule has 1 aliphatic carbocycles. The van der Waals surface area contributed by atoms with Crippen molar-refractivity contribution in [2.24, 2.45) is 17.3 Å². The fourth-order valence-electron chi connectivity index (χ4n) is 2.65. The second kappa shape index (κ2) is 5.20. The molecule has 0 spiro atoms. The van der Waals surface area contributed by atoms with Gasteiger partial charge in [-0.1, -0.05) is 26.0 Å². The van der Waals surface area contributed by atoms with Crippen LogP contribution in [0.15, 0.2) is 24.3 Å². The van der Waals surface area contributed by atoms with Crippen molar-refractivity contribution in [3.63, 3.8) is 0 Å². The molecule has 1 aromatic rings. The van der Waals surface area contributed by atoms with Gasteiger partial charge in [-0.2, -0.15) is 0 Å². The molecular formula is C15H17NO5. The van der Waals surface area contributed by atoms with Gasteiger partial charge in [0.25, 0.3) is 0 Å². The molecule has 1 fully saturated rings. The minimum Gasteiger partial charge on any atom is -0.481 e. The number of benzene rings is 1. The van der Waals surface area contributed by atoms with Crippen LogP contribution in [0, 0.1) is 17.3 Å². The van der Waals surface area contributed by atoms with Crippen LogP contribution in [0.5, 0.6) is 0 Å². The van der Waals surface area contributed by atoms with Gasteiger partial charge in [0.15, 0.2) is 0 Å². The van der Waals surface area contributed by atoms with Crippen molar-refractivity contribution in [1.82, 2.24) is 5.32 Å². The number of carbonyl (C=O) groups excluding carboxylic acids is 1. The largest absolute Gasteiger partial charge is 0.481 e. The molecule has 1 saturated carbocycles. The van der Waals surface area contributed by atoms with Gasteiger partial charge in [-0.05, 0) is 23.1 Å². The lowest BCUT2D eigenvalue weighted by atomic mass is 10.1. The van der Waals surface area contributed by atoms with E-state index in [1.807, 2.05) is 0 Å². The maximum Gasteiger partial charge on any atom is 0.335 e. The Labute approximate surface area is 121 Å². The summed E-state index contributed by atoms with van der Waals surface area (Å²) >= 11 is 0. The molecule has 1 aliphatic rings. The topological polar surface area (TPSA) is 104 Å². The van der Waals surface area contributed by atoms with Crippen molar-refractivity contribution in [1.29, 1.82) is 0 Å². The lowest BCUT2D eigenvalue weighted by molar-refractivity contribution is -0.140. The molecule has 2 rings (SSSR count). The van der Waals surface area contributed by atoms with E-state index in [0.717, 1.165) is 5.56 Å². The SMILES string of the molecule is CC1(C)[C@H](C(=O)O)[C@@H]1C(=O)NCc1ccc(C(=O)O)cc1. The van der Waals surface area contributed by atoms with E-state index in [-0.39, 0.29) is 18.0 Å². The molecule has 2 atom stereocenters. The number of carboxylic acids is 2. The number of hydrogen-bond acceptors (Lipinski definition) is 3. The molecule has 6 heteroatoms. The van der Waals surface area contributed by atoms with E-state index in [2.05, 4.69) is 5.32 Å². The third-order valence-electron chi connectivity index (χ3n) is 4.04. The summed E-state index contributed by atoms with van der Waals surface area (Å²) in [5.74, 6) is -3.41. The van der Waals surface area contributed by atoms with E-state index in [9.17, 15) is 14.4 Å². The van der Waals surface area contributed by atoms with E-state index in [1.165, 1.54) is 12.1 Å². The predicted molar refractivity (Wildman–Crippen MR) is 73.6 cm³/mol. The van der Waals surface area contributed by atoms with Gasteiger partial charge in [0.2, 0.25) is 5.91 Å². The van der Waals surface area contributed by atoms with Crippen molar-refractivity contribution in [2.75, 3.05) is 0 Å². The molecule has 0 radical (unpaired) electrons. The number of nitrogens with one attached hydrogen (secondary N) is 1. The zero-order valence-electron chi connectivity index (χ0n) is 11.8. The summed E-state index contributed by atoms with van der Waals surface area (Å²) in [6.07, 6.45) is 0. The minimum atomic E-state index is -1.00. The standard InChI is InChI=1S/C15H17NO5/c1-15(2)10(11(15)14(20)21)12(17)16-7-8-3-5-9(6-4-8)13(18)19/h3-6,10-11H,7H2,1-2H3,(H,16,17)(H,18,19)(H,20,21)/t10-,11+/m1/s1. The van der Waals surface area contributed by atoms with Crippen LogP contribution in [0.2, 0.25) is 0 Å². The van der Waals surface area contributed by atoms with E-state index < -0.39 is 29.2 Å². The third kappa shape index (κ3) is 2.89.